The van der Waals surface area contributed by atoms with Gasteiger partial charge < -0.3 is 20.1 Å². The van der Waals surface area contributed by atoms with Crippen molar-refractivity contribution in [2.24, 2.45) is 0 Å². The Morgan fingerprint density at radius 1 is 0.864 bits per heavy atom. The van der Waals surface area contributed by atoms with Crippen LogP contribution in [0.1, 0.15) is 29.8 Å². The summed E-state index contributed by atoms with van der Waals surface area (Å²) < 4.78 is 4.92. The van der Waals surface area contributed by atoms with Crippen LogP contribution < -0.4 is 4.74 Å². The molecule has 2 aromatic carbocycles. The Bertz CT molecular complexity index is 553. The Morgan fingerprint density at radius 2 is 1.36 bits per heavy atom. The summed E-state index contributed by atoms with van der Waals surface area (Å²) in [5.41, 5.74) is 1.26. The second kappa shape index (κ2) is 10.1. The minimum absolute atomic E-state index is 0.109. The molecule has 0 bridgehead atoms. The zero-order chi connectivity index (χ0) is 17.1. The van der Waals surface area contributed by atoms with Gasteiger partial charge in [-0.05, 0) is 36.8 Å². The van der Waals surface area contributed by atoms with Gasteiger partial charge >= 0.3 is 0 Å². The summed E-state index contributed by atoms with van der Waals surface area (Å²) in [5.74, 6) is 0.721. The van der Waals surface area contributed by atoms with Crippen LogP contribution in [0.5, 0.6) is 23.0 Å². The predicted octanol–water partition coefficient (Wildman–Crippen LogP) is 3.65. The third kappa shape index (κ3) is 7.19. The lowest BCUT2D eigenvalue weighted by molar-refractivity contribution is 0.112. The standard InChI is InChI=1S/C8H10O2.C7H6O3.C2H6/c1-6-3-7(9)5-8(4-6)10-2;8-4-5-1-6(9)3-7(10)2-5;1-2/h3-5,9H,1-2H3;1-4,9-10H;1-2H3. The molecule has 0 aliphatic heterocycles. The molecule has 5 nitrogen and oxygen atoms in total. The molecule has 0 radical (unpaired) electrons. The molecule has 0 aromatic heterocycles. The van der Waals surface area contributed by atoms with Gasteiger partial charge in [0.05, 0.1) is 7.11 Å². The quantitative estimate of drug-likeness (QED) is 0.737. The molecular weight excluding hydrogens is 284 g/mol. The second-order valence-corrected chi connectivity index (χ2v) is 4.11. The molecule has 2 aromatic rings. The Kier molecular flexibility index (Phi) is 8.86. The molecule has 0 heterocycles. The van der Waals surface area contributed by atoms with Crippen molar-refractivity contribution in [3.63, 3.8) is 0 Å². The van der Waals surface area contributed by atoms with Crippen molar-refractivity contribution in [2.45, 2.75) is 20.8 Å². The van der Waals surface area contributed by atoms with E-state index in [1.807, 2.05) is 26.8 Å². The number of aryl methyl sites for hydroxylation is 1. The van der Waals surface area contributed by atoms with Gasteiger partial charge in [0.25, 0.3) is 0 Å². The number of aromatic hydroxyl groups is 3. The van der Waals surface area contributed by atoms with Crippen LogP contribution in [-0.4, -0.2) is 28.7 Å². The Morgan fingerprint density at radius 3 is 1.77 bits per heavy atom. The number of hydrogen-bond acceptors (Lipinski definition) is 5. The lowest BCUT2D eigenvalue weighted by Crippen LogP contribution is -1.82. The number of methoxy groups -OCH3 is 1. The van der Waals surface area contributed by atoms with Crippen LogP contribution >= 0.6 is 0 Å². The SMILES string of the molecule is CC.COc1cc(C)cc(O)c1.O=Cc1cc(O)cc(O)c1. The average molecular weight is 306 g/mol. The largest absolute Gasteiger partial charge is 0.508 e. The van der Waals surface area contributed by atoms with E-state index < -0.39 is 0 Å². The van der Waals surface area contributed by atoms with E-state index in [4.69, 9.17) is 20.1 Å². The first-order valence-electron chi connectivity index (χ1n) is 6.77. The molecule has 0 amide bonds. The summed E-state index contributed by atoms with van der Waals surface area (Å²) >= 11 is 0. The van der Waals surface area contributed by atoms with Gasteiger partial charge in [-0.2, -0.15) is 0 Å². The van der Waals surface area contributed by atoms with Gasteiger partial charge in [-0.25, -0.2) is 0 Å². The maximum Gasteiger partial charge on any atom is 0.150 e. The highest BCUT2D eigenvalue weighted by molar-refractivity contribution is 5.76. The van der Waals surface area contributed by atoms with E-state index >= 15 is 0 Å². The first-order chi connectivity index (χ1) is 10.4. The van der Waals surface area contributed by atoms with E-state index in [9.17, 15) is 4.79 Å². The first kappa shape index (κ1) is 19.3. The van der Waals surface area contributed by atoms with Crippen LogP contribution in [0.4, 0.5) is 0 Å². The smallest absolute Gasteiger partial charge is 0.150 e. The van der Waals surface area contributed by atoms with Crippen LogP contribution in [0.25, 0.3) is 0 Å². The molecule has 0 spiro atoms. The van der Waals surface area contributed by atoms with E-state index in [2.05, 4.69) is 0 Å². The van der Waals surface area contributed by atoms with E-state index in [-0.39, 0.29) is 22.8 Å². The topological polar surface area (TPSA) is 87.0 Å². The second-order valence-electron chi connectivity index (χ2n) is 4.11. The molecular formula is C17H22O5. The summed E-state index contributed by atoms with van der Waals surface area (Å²) in [4.78, 5) is 10.1. The predicted molar refractivity (Wildman–Crippen MR) is 85.9 cm³/mol. The van der Waals surface area contributed by atoms with Gasteiger partial charge in [-0.1, -0.05) is 13.8 Å². The molecule has 22 heavy (non-hydrogen) atoms. The zero-order valence-electron chi connectivity index (χ0n) is 13.2. The number of aldehydes is 1. The molecule has 0 fully saturated rings. The minimum Gasteiger partial charge on any atom is -0.508 e. The fraction of sp³-hybridized carbons (Fsp3) is 0.235. The van der Waals surface area contributed by atoms with Crippen molar-refractivity contribution in [1.82, 2.24) is 0 Å². The average Bonchev–Trinajstić information content (AvgIpc) is 2.48. The number of benzene rings is 2. The molecule has 0 aliphatic carbocycles. The van der Waals surface area contributed by atoms with Crippen LogP contribution in [0.15, 0.2) is 36.4 Å². The molecule has 120 valence electrons. The van der Waals surface area contributed by atoms with Crippen molar-refractivity contribution >= 4 is 6.29 Å². The molecule has 2 rings (SSSR count). The van der Waals surface area contributed by atoms with Gasteiger partial charge in [0.1, 0.15) is 29.3 Å². The first-order valence-corrected chi connectivity index (χ1v) is 6.77. The fourth-order valence-electron chi connectivity index (χ4n) is 1.53. The summed E-state index contributed by atoms with van der Waals surface area (Å²) in [6, 6.07) is 8.82. The van der Waals surface area contributed by atoms with Crippen LogP contribution in [0.2, 0.25) is 0 Å². The van der Waals surface area contributed by atoms with E-state index in [1.165, 1.54) is 12.1 Å². The Labute approximate surface area is 130 Å². The minimum atomic E-state index is -0.109. The summed E-state index contributed by atoms with van der Waals surface area (Å²) in [5, 5.41) is 26.7. The Balaban J connectivity index is 0.000000360. The highest BCUT2D eigenvalue weighted by Crippen LogP contribution is 2.20. The van der Waals surface area contributed by atoms with E-state index in [0.717, 1.165) is 11.6 Å². The summed E-state index contributed by atoms with van der Waals surface area (Å²) in [6.45, 7) is 5.90. The third-order valence-corrected chi connectivity index (χ3v) is 2.33. The van der Waals surface area contributed by atoms with Gasteiger partial charge in [0.15, 0.2) is 0 Å². The molecule has 0 saturated carbocycles. The monoisotopic (exact) mass is 306 g/mol. The maximum absolute atomic E-state index is 10.1. The lowest BCUT2D eigenvalue weighted by atomic mass is 10.2. The number of phenols is 3. The zero-order valence-corrected chi connectivity index (χ0v) is 13.2. The third-order valence-electron chi connectivity index (χ3n) is 2.33. The number of rotatable bonds is 2. The van der Waals surface area contributed by atoms with Crippen molar-refractivity contribution in [2.75, 3.05) is 7.11 Å². The highest BCUT2D eigenvalue weighted by Gasteiger charge is 1.96. The number of ether oxygens (including phenoxy) is 1. The number of phenolic OH excluding ortho intramolecular Hbond substituents is 3. The van der Waals surface area contributed by atoms with Gasteiger partial charge in [-0.15, -0.1) is 0 Å². The van der Waals surface area contributed by atoms with Crippen molar-refractivity contribution < 1.29 is 24.9 Å². The summed E-state index contributed by atoms with van der Waals surface area (Å²) in [7, 11) is 1.58. The van der Waals surface area contributed by atoms with E-state index in [1.54, 1.807) is 19.2 Å². The fourth-order valence-corrected chi connectivity index (χ4v) is 1.53. The Hall–Kier alpha value is -2.69. The molecule has 5 heteroatoms. The van der Waals surface area contributed by atoms with Crippen molar-refractivity contribution in [3.8, 4) is 23.0 Å². The highest BCUT2D eigenvalue weighted by atomic mass is 16.5. The van der Waals surface area contributed by atoms with Gasteiger partial charge in [-0.3, -0.25) is 4.79 Å². The number of carbonyl (C=O) groups excluding carboxylic acids is 1. The van der Waals surface area contributed by atoms with Gasteiger partial charge in [0.2, 0.25) is 0 Å². The van der Waals surface area contributed by atoms with E-state index in [0.29, 0.717) is 12.0 Å². The molecule has 0 saturated heterocycles. The van der Waals surface area contributed by atoms with Crippen LogP contribution in [-0.2, 0) is 0 Å². The maximum atomic E-state index is 10.1. The van der Waals surface area contributed by atoms with Gasteiger partial charge in [0, 0.05) is 17.7 Å². The van der Waals surface area contributed by atoms with Crippen molar-refractivity contribution in [3.05, 3.63) is 47.5 Å². The number of hydrogen-bond donors (Lipinski definition) is 3. The van der Waals surface area contributed by atoms with Crippen LogP contribution in [0.3, 0.4) is 0 Å². The van der Waals surface area contributed by atoms with Crippen molar-refractivity contribution in [1.29, 1.82) is 0 Å². The normalized spacial score (nSPS) is 8.73. The number of carbonyl (C=O) groups is 1. The molecule has 3 N–H and O–H groups in total. The van der Waals surface area contributed by atoms with Crippen LogP contribution in [0, 0.1) is 6.92 Å². The molecule has 0 unspecified atom stereocenters. The lowest BCUT2D eigenvalue weighted by Gasteiger charge is -2.00. The molecule has 0 aliphatic rings. The molecule has 0 atom stereocenters. The summed E-state index contributed by atoms with van der Waals surface area (Å²) in [6.07, 6.45) is 0.555.